The summed E-state index contributed by atoms with van der Waals surface area (Å²) in [5.41, 5.74) is 0.470. The van der Waals surface area contributed by atoms with Crippen molar-refractivity contribution in [1.82, 2.24) is 10.6 Å². The molecule has 1 aromatic rings. The van der Waals surface area contributed by atoms with Crippen LogP contribution in [0.5, 0.6) is 0 Å². The van der Waals surface area contributed by atoms with Crippen LogP contribution in [0.2, 0.25) is 0 Å². The Hall–Kier alpha value is -0.940. The first-order valence-electron chi connectivity index (χ1n) is 5.43. The van der Waals surface area contributed by atoms with Crippen LogP contribution < -0.4 is 10.6 Å². The summed E-state index contributed by atoms with van der Waals surface area (Å²) in [4.78, 5) is 11.4. The third-order valence-corrected chi connectivity index (χ3v) is 2.65. The average Bonchev–Trinajstić information content (AvgIpc) is 2.27. The van der Waals surface area contributed by atoms with Crippen LogP contribution in [0.4, 0.5) is 4.39 Å². The maximum absolute atomic E-state index is 13.3. The Kier molecular flexibility index (Phi) is 5.58. The maximum atomic E-state index is 13.3. The van der Waals surface area contributed by atoms with Gasteiger partial charge in [-0.25, -0.2) is 4.39 Å². The van der Waals surface area contributed by atoms with Crippen LogP contribution >= 0.6 is 15.9 Å². The number of rotatable bonds is 5. The summed E-state index contributed by atoms with van der Waals surface area (Å²) in [6.45, 7) is 4.36. The van der Waals surface area contributed by atoms with Crippen molar-refractivity contribution in [2.45, 2.75) is 26.4 Å². The molecule has 0 saturated heterocycles. The Bertz CT molecular complexity index is 396. The van der Waals surface area contributed by atoms with Crippen molar-refractivity contribution >= 4 is 21.8 Å². The molecule has 5 heteroatoms. The Balaban J connectivity index is 2.44. The van der Waals surface area contributed by atoms with Gasteiger partial charge in [-0.2, -0.15) is 0 Å². The molecule has 0 aliphatic heterocycles. The Morgan fingerprint density at radius 2 is 2.18 bits per heavy atom. The standard InChI is InChI=1S/C12H16BrFN2O/c1-8(2)15-7-12(17)16-6-9-5-10(13)3-4-11(9)14/h3-5,8,15H,6-7H2,1-2H3,(H,16,17). The van der Waals surface area contributed by atoms with Crippen molar-refractivity contribution in [2.75, 3.05) is 6.54 Å². The van der Waals surface area contributed by atoms with Crippen LogP contribution in [-0.4, -0.2) is 18.5 Å². The Labute approximate surface area is 109 Å². The summed E-state index contributed by atoms with van der Waals surface area (Å²) < 4.78 is 14.1. The molecule has 3 nitrogen and oxygen atoms in total. The van der Waals surface area contributed by atoms with Gasteiger partial charge in [0.15, 0.2) is 0 Å². The minimum atomic E-state index is -0.315. The SMILES string of the molecule is CC(C)NCC(=O)NCc1cc(Br)ccc1F. The number of amides is 1. The molecule has 0 atom stereocenters. The van der Waals surface area contributed by atoms with E-state index >= 15 is 0 Å². The zero-order valence-electron chi connectivity index (χ0n) is 9.89. The maximum Gasteiger partial charge on any atom is 0.234 e. The molecule has 94 valence electrons. The number of carbonyl (C=O) groups excluding carboxylic acids is 1. The highest BCUT2D eigenvalue weighted by Crippen LogP contribution is 2.15. The predicted octanol–water partition coefficient (Wildman–Crippen LogP) is 2.20. The highest BCUT2D eigenvalue weighted by atomic mass is 79.9. The van der Waals surface area contributed by atoms with Gasteiger partial charge in [0, 0.05) is 22.6 Å². The lowest BCUT2D eigenvalue weighted by Gasteiger charge is -2.09. The topological polar surface area (TPSA) is 41.1 Å². The number of nitrogens with one attached hydrogen (secondary N) is 2. The zero-order chi connectivity index (χ0) is 12.8. The van der Waals surface area contributed by atoms with Crippen molar-refractivity contribution in [3.63, 3.8) is 0 Å². The lowest BCUT2D eigenvalue weighted by atomic mass is 10.2. The van der Waals surface area contributed by atoms with Crippen LogP contribution in [0.3, 0.4) is 0 Å². The van der Waals surface area contributed by atoms with Gasteiger partial charge >= 0.3 is 0 Å². The van der Waals surface area contributed by atoms with Crippen LogP contribution in [0, 0.1) is 5.82 Å². The summed E-state index contributed by atoms with van der Waals surface area (Å²) in [6.07, 6.45) is 0. The molecule has 0 unspecified atom stereocenters. The van der Waals surface area contributed by atoms with Gasteiger partial charge in [-0.05, 0) is 18.2 Å². The Morgan fingerprint density at radius 1 is 1.47 bits per heavy atom. The van der Waals surface area contributed by atoms with Crippen molar-refractivity contribution < 1.29 is 9.18 Å². The van der Waals surface area contributed by atoms with Crippen LogP contribution in [-0.2, 0) is 11.3 Å². The molecule has 0 bridgehead atoms. The average molecular weight is 303 g/mol. The number of carbonyl (C=O) groups is 1. The summed E-state index contributed by atoms with van der Waals surface area (Å²) in [7, 11) is 0. The lowest BCUT2D eigenvalue weighted by molar-refractivity contribution is -0.120. The largest absolute Gasteiger partial charge is 0.351 e. The fourth-order valence-corrected chi connectivity index (χ4v) is 1.64. The second kappa shape index (κ2) is 6.71. The summed E-state index contributed by atoms with van der Waals surface area (Å²) in [5.74, 6) is -0.455. The fourth-order valence-electron chi connectivity index (χ4n) is 1.23. The van der Waals surface area contributed by atoms with E-state index in [-0.39, 0.29) is 30.9 Å². The monoisotopic (exact) mass is 302 g/mol. The molecule has 2 N–H and O–H groups in total. The van der Waals surface area contributed by atoms with Crippen molar-refractivity contribution in [1.29, 1.82) is 0 Å². The van der Waals surface area contributed by atoms with Crippen LogP contribution in [0.25, 0.3) is 0 Å². The van der Waals surface area contributed by atoms with Gasteiger partial charge in [-0.3, -0.25) is 4.79 Å². The van der Waals surface area contributed by atoms with Crippen molar-refractivity contribution in [2.24, 2.45) is 0 Å². The van der Waals surface area contributed by atoms with Gasteiger partial charge in [0.25, 0.3) is 0 Å². The first-order valence-corrected chi connectivity index (χ1v) is 6.22. The van der Waals surface area contributed by atoms with E-state index in [1.165, 1.54) is 6.07 Å². The normalized spacial score (nSPS) is 10.6. The molecular formula is C12H16BrFN2O. The highest BCUT2D eigenvalue weighted by Gasteiger charge is 2.06. The highest BCUT2D eigenvalue weighted by molar-refractivity contribution is 9.10. The number of halogens is 2. The smallest absolute Gasteiger partial charge is 0.234 e. The fraction of sp³-hybridized carbons (Fsp3) is 0.417. The quantitative estimate of drug-likeness (QED) is 0.875. The summed E-state index contributed by atoms with van der Waals surface area (Å²) >= 11 is 3.26. The summed E-state index contributed by atoms with van der Waals surface area (Å²) in [5, 5.41) is 5.65. The summed E-state index contributed by atoms with van der Waals surface area (Å²) in [6, 6.07) is 4.91. The van der Waals surface area contributed by atoms with E-state index in [1.807, 2.05) is 13.8 Å². The van der Waals surface area contributed by atoms with Crippen molar-refractivity contribution in [3.05, 3.63) is 34.1 Å². The van der Waals surface area contributed by atoms with E-state index < -0.39 is 0 Å². The molecule has 0 radical (unpaired) electrons. The van der Waals surface area contributed by atoms with Crippen molar-refractivity contribution in [3.8, 4) is 0 Å². The van der Waals surface area contributed by atoms with E-state index in [1.54, 1.807) is 12.1 Å². The second-order valence-electron chi connectivity index (χ2n) is 4.05. The van der Waals surface area contributed by atoms with Gasteiger partial charge in [-0.1, -0.05) is 29.8 Å². The molecule has 17 heavy (non-hydrogen) atoms. The number of hydrogen-bond acceptors (Lipinski definition) is 2. The predicted molar refractivity (Wildman–Crippen MR) is 69.1 cm³/mol. The molecular weight excluding hydrogens is 287 g/mol. The molecule has 0 aromatic heterocycles. The number of benzene rings is 1. The van der Waals surface area contributed by atoms with Gasteiger partial charge in [-0.15, -0.1) is 0 Å². The first kappa shape index (κ1) is 14.1. The van der Waals surface area contributed by atoms with Gasteiger partial charge < -0.3 is 10.6 Å². The molecule has 0 saturated carbocycles. The van der Waals surface area contributed by atoms with E-state index in [4.69, 9.17) is 0 Å². The van der Waals surface area contributed by atoms with Gasteiger partial charge in [0.1, 0.15) is 5.82 Å². The molecule has 1 amide bonds. The second-order valence-corrected chi connectivity index (χ2v) is 4.96. The molecule has 1 aromatic carbocycles. The van der Waals surface area contributed by atoms with E-state index in [0.29, 0.717) is 5.56 Å². The van der Waals surface area contributed by atoms with Crippen LogP contribution in [0.1, 0.15) is 19.4 Å². The molecule has 0 spiro atoms. The third-order valence-electron chi connectivity index (χ3n) is 2.15. The van der Waals surface area contributed by atoms with Gasteiger partial charge in [0.2, 0.25) is 5.91 Å². The molecule has 0 aliphatic carbocycles. The van der Waals surface area contributed by atoms with E-state index in [9.17, 15) is 9.18 Å². The van der Waals surface area contributed by atoms with E-state index in [2.05, 4.69) is 26.6 Å². The van der Waals surface area contributed by atoms with Gasteiger partial charge in [0.05, 0.1) is 6.54 Å². The minimum Gasteiger partial charge on any atom is -0.351 e. The lowest BCUT2D eigenvalue weighted by Crippen LogP contribution is -2.36. The zero-order valence-corrected chi connectivity index (χ0v) is 11.5. The van der Waals surface area contributed by atoms with Crippen LogP contribution in [0.15, 0.2) is 22.7 Å². The molecule has 0 fully saturated rings. The first-order chi connectivity index (χ1) is 7.99. The molecule has 0 heterocycles. The molecule has 0 aliphatic rings. The Morgan fingerprint density at radius 3 is 2.82 bits per heavy atom. The van der Waals surface area contributed by atoms with E-state index in [0.717, 1.165) is 4.47 Å². The molecule has 1 rings (SSSR count). The minimum absolute atomic E-state index is 0.141. The number of hydrogen-bond donors (Lipinski definition) is 2. The third kappa shape index (κ3) is 5.28.